The van der Waals surface area contributed by atoms with Gasteiger partial charge in [-0.25, -0.2) is 4.79 Å². The smallest absolute Gasteiger partial charge is 0.402 e. The van der Waals surface area contributed by atoms with Crippen LogP contribution < -0.4 is 5.73 Å². The molecule has 1 amide bonds. The summed E-state index contributed by atoms with van der Waals surface area (Å²) >= 11 is 1.85. The lowest BCUT2D eigenvalue weighted by Crippen LogP contribution is -2.03. The molecule has 1 aromatic rings. The quantitative estimate of drug-likeness (QED) is 0.816. The number of rotatable bonds is 2. The Morgan fingerprint density at radius 1 is 1.47 bits per heavy atom. The third-order valence-corrected chi connectivity index (χ3v) is 3.25. The minimum Gasteiger partial charge on any atom is -0.465 e. The number of thiophene rings is 1. The summed E-state index contributed by atoms with van der Waals surface area (Å²) in [5, 5.41) is 9.38. The van der Waals surface area contributed by atoms with Crippen LogP contribution in [0.25, 0.3) is 0 Å². The highest BCUT2D eigenvalue weighted by atomic mass is 32.1. The number of hydrogen-bond acceptors (Lipinski definition) is 2. The van der Waals surface area contributed by atoms with E-state index in [1.54, 1.807) is 0 Å². The van der Waals surface area contributed by atoms with E-state index in [2.05, 4.69) is 44.9 Å². The van der Waals surface area contributed by atoms with Gasteiger partial charge < -0.3 is 10.8 Å². The van der Waals surface area contributed by atoms with Gasteiger partial charge >= 0.3 is 6.09 Å². The van der Waals surface area contributed by atoms with Crippen LogP contribution in [0.4, 0.5) is 4.79 Å². The van der Waals surface area contributed by atoms with Gasteiger partial charge in [0.2, 0.25) is 0 Å². The lowest BCUT2D eigenvalue weighted by molar-refractivity contribution is 0.205. The Morgan fingerprint density at radius 2 is 1.93 bits per heavy atom. The Hall–Kier alpha value is -1.03. The molecular weight excluding hydrogens is 210 g/mol. The number of nitrogens with two attached hydrogens (primary N) is 1. The number of aryl methyl sites for hydroxylation is 1. The summed E-state index contributed by atoms with van der Waals surface area (Å²) < 4.78 is 0. The molecular formula is C11H19NO2S. The molecule has 0 saturated carbocycles. The second kappa shape index (κ2) is 6.45. The van der Waals surface area contributed by atoms with Crippen molar-refractivity contribution in [2.75, 3.05) is 0 Å². The normalized spacial score (nSPS) is 11.8. The van der Waals surface area contributed by atoms with Crippen molar-refractivity contribution in [1.82, 2.24) is 0 Å². The molecule has 3 N–H and O–H groups in total. The van der Waals surface area contributed by atoms with Crippen molar-refractivity contribution in [1.29, 1.82) is 0 Å². The third-order valence-electron chi connectivity index (χ3n) is 2.39. The van der Waals surface area contributed by atoms with Gasteiger partial charge in [-0.15, -0.1) is 11.3 Å². The summed E-state index contributed by atoms with van der Waals surface area (Å²) in [5.74, 6) is 1.46. The monoisotopic (exact) mass is 229 g/mol. The number of amides is 1. The first-order chi connectivity index (χ1) is 6.86. The van der Waals surface area contributed by atoms with E-state index in [0.29, 0.717) is 5.92 Å². The van der Waals surface area contributed by atoms with Crippen LogP contribution in [0.15, 0.2) is 11.4 Å². The Bertz CT molecular complexity index is 303. The number of primary amides is 1. The van der Waals surface area contributed by atoms with Crippen molar-refractivity contribution >= 4 is 17.4 Å². The van der Waals surface area contributed by atoms with Crippen LogP contribution >= 0.6 is 11.3 Å². The Kier molecular flexibility index (Phi) is 6.01. The Balaban J connectivity index is 0.000000423. The SMILES string of the molecule is Cc1sccc1C(C)C(C)C.NC(=O)O. The average molecular weight is 229 g/mol. The predicted molar refractivity (Wildman–Crippen MR) is 64.5 cm³/mol. The molecule has 0 saturated heterocycles. The van der Waals surface area contributed by atoms with E-state index in [0.717, 1.165) is 5.92 Å². The van der Waals surface area contributed by atoms with E-state index < -0.39 is 6.09 Å². The third kappa shape index (κ3) is 5.42. The molecule has 0 fully saturated rings. The second-order valence-electron chi connectivity index (χ2n) is 3.80. The fraction of sp³-hybridized carbons (Fsp3) is 0.545. The summed E-state index contributed by atoms with van der Waals surface area (Å²) in [7, 11) is 0. The van der Waals surface area contributed by atoms with E-state index in [4.69, 9.17) is 9.90 Å². The standard InChI is InChI=1S/C10H16S.CH3NO2/c1-7(2)8(3)10-5-6-11-9(10)4;2-1(3)4/h5-8H,1-4H3;2H2,(H,3,4). The van der Waals surface area contributed by atoms with E-state index in [1.807, 2.05) is 11.3 Å². The van der Waals surface area contributed by atoms with Gasteiger partial charge in [0.05, 0.1) is 0 Å². The maximum absolute atomic E-state index is 8.78. The van der Waals surface area contributed by atoms with Crippen molar-refractivity contribution in [3.05, 3.63) is 21.9 Å². The van der Waals surface area contributed by atoms with Crippen LogP contribution in [0.1, 0.15) is 37.1 Å². The molecule has 0 aliphatic carbocycles. The van der Waals surface area contributed by atoms with Crippen molar-refractivity contribution in [2.45, 2.75) is 33.6 Å². The maximum Gasteiger partial charge on any atom is 0.402 e. The minimum atomic E-state index is -1.33. The topological polar surface area (TPSA) is 63.3 Å². The van der Waals surface area contributed by atoms with Gasteiger partial charge in [0.15, 0.2) is 0 Å². The summed E-state index contributed by atoms with van der Waals surface area (Å²) in [6.07, 6.45) is -1.33. The molecule has 3 nitrogen and oxygen atoms in total. The largest absolute Gasteiger partial charge is 0.465 e. The van der Waals surface area contributed by atoms with Crippen LogP contribution in [0.2, 0.25) is 0 Å². The fourth-order valence-corrected chi connectivity index (χ4v) is 2.04. The summed E-state index contributed by atoms with van der Waals surface area (Å²) in [6, 6.07) is 2.25. The van der Waals surface area contributed by atoms with Crippen LogP contribution in [0.5, 0.6) is 0 Å². The van der Waals surface area contributed by atoms with Crippen molar-refractivity contribution in [2.24, 2.45) is 11.7 Å². The first kappa shape index (κ1) is 14.0. The van der Waals surface area contributed by atoms with Gasteiger partial charge in [0, 0.05) is 4.88 Å². The van der Waals surface area contributed by atoms with E-state index in [-0.39, 0.29) is 0 Å². The molecule has 86 valence electrons. The molecule has 0 aliphatic rings. The zero-order valence-corrected chi connectivity index (χ0v) is 10.5. The van der Waals surface area contributed by atoms with Crippen LogP contribution in [0.3, 0.4) is 0 Å². The highest BCUT2D eigenvalue weighted by molar-refractivity contribution is 7.10. The molecule has 4 heteroatoms. The molecule has 0 aliphatic heterocycles. The molecule has 0 radical (unpaired) electrons. The van der Waals surface area contributed by atoms with Crippen molar-refractivity contribution < 1.29 is 9.90 Å². The minimum absolute atomic E-state index is 0.709. The maximum atomic E-state index is 8.78. The molecule has 0 spiro atoms. The number of carboxylic acid groups (broad SMARTS) is 1. The summed E-state index contributed by atoms with van der Waals surface area (Å²) in [6.45, 7) is 9.07. The lowest BCUT2D eigenvalue weighted by Gasteiger charge is -2.14. The van der Waals surface area contributed by atoms with Crippen molar-refractivity contribution in [3.8, 4) is 0 Å². The highest BCUT2D eigenvalue weighted by Gasteiger charge is 2.12. The second-order valence-corrected chi connectivity index (χ2v) is 4.92. The molecule has 1 heterocycles. The van der Waals surface area contributed by atoms with Crippen LogP contribution in [-0.2, 0) is 0 Å². The zero-order chi connectivity index (χ0) is 12.0. The molecule has 0 bridgehead atoms. The lowest BCUT2D eigenvalue weighted by atomic mass is 9.91. The van der Waals surface area contributed by atoms with Gasteiger partial charge in [0.1, 0.15) is 0 Å². The van der Waals surface area contributed by atoms with Crippen LogP contribution in [-0.4, -0.2) is 11.2 Å². The highest BCUT2D eigenvalue weighted by Crippen LogP contribution is 2.29. The van der Waals surface area contributed by atoms with Crippen molar-refractivity contribution in [3.63, 3.8) is 0 Å². The number of carbonyl (C=O) groups is 1. The molecule has 1 rings (SSSR count). The van der Waals surface area contributed by atoms with E-state index in [9.17, 15) is 0 Å². The molecule has 1 aromatic heterocycles. The summed E-state index contributed by atoms with van der Waals surface area (Å²) in [5.41, 5.74) is 5.56. The first-order valence-electron chi connectivity index (χ1n) is 4.88. The van der Waals surface area contributed by atoms with Crippen LogP contribution in [0, 0.1) is 12.8 Å². The van der Waals surface area contributed by atoms with E-state index >= 15 is 0 Å². The number of hydrogen-bond donors (Lipinski definition) is 2. The molecule has 0 aromatic carbocycles. The van der Waals surface area contributed by atoms with Gasteiger partial charge in [-0.2, -0.15) is 0 Å². The Labute approximate surface area is 94.9 Å². The summed E-state index contributed by atoms with van der Waals surface area (Å²) in [4.78, 5) is 10.3. The average Bonchev–Trinajstić information content (AvgIpc) is 2.48. The molecule has 1 unspecified atom stereocenters. The van der Waals surface area contributed by atoms with Gasteiger partial charge in [0.25, 0.3) is 0 Å². The van der Waals surface area contributed by atoms with Gasteiger partial charge in [-0.05, 0) is 35.8 Å². The van der Waals surface area contributed by atoms with Gasteiger partial charge in [-0.1, -0.05) is 20.8 Å². The first-order valence-corrected chi connectivity index (χ1v) is 5.76. The molecule has 1 atom stereocenters. The van der Waals surface area contributed by atoms with E-state index in [1.165, 1.54) is 10.4 Å². The predicted octanol–water partition coefficient (Wildman–Crippen LogP) is 3.44. The zero-order valence-electron chi connectivity index (χ0n) is 9.65. The van der Waals surface area contributed by atoms with Gasteiger partial charge in [-0.3, -0.25) is 0 Å². The Morgan fingerprint density at radius 3 is 2.20 bits per heavy atom. The molecule has 15 heavy (non-hydrogen) atoms. The fourth-order valence-electron chi connectivity index (χ4n) is 1.23.